The highest BCUT2D eigenvalue weighted by Gasteiger charge is 2.38. The molecule has 3 N–H and O–H groups in total. The maximum atomic E-state index is 13.2. The van der Waals surface area contributed by atoms with Crippen LogP contribution in [0.5, 0.6) is 17.2 Å². The number of nitrogens with one attached hydrogen (secondary N) is 1. The predicted molar refractivity (Wildman–Crippen MR) is 94.3 cm³/mol. The smallest absolute Gasteiger partial charge is 0.420 e. The molecule has 1 aliphatic rings. The maximum absolute atomic E-state index is 13.2. The highest BCUT2D eigenvalue weighted by atomic mass is 19.4. The minimum Gasteiger partial charge on any atom is -0.497 e. The molecule has 29 heavy (non-hydrogen) atoms. The average molecular weight is 412 g/mol. The van der Waals surface area contributed by atoms with Crippen LogP contribution in [0.3, 0.4) is 0 Å². The van der Waals surface area contributed by atoms with Gasteiger partial charge in [-0.1, -0.05) is 0 Å². The number of nitrogens with zero attached hydrogens (tertiary/aromatic N) is 2. The van der Waals surface area contributed by atoms with Gasteiger partial charge >= 0.3 is 6.18 Å². The first-order valence-electron chi connectivity index (χ1n) is 8.60. The van der Waals surface area contributed by atoms with Crippen LogP contribution in [0, 0.1) is 0 Å². The predicted octanol–water partition coefficient (Wildman–Crippen LogP) is 2.03. The Morgan fingerprint density at radius 2 is 2.03 bits per heavy atom. The third kappa shape index (κ3) is 4.93. The highest BCUT2D eigenvalue weighted by molar-refractivity contribution is 5.86. The second-order valence-corrected chi connectivity index (χ2v) is 6.44. The van der Waals surface area contributed by atoms with Gasteiger partial charge in [-0.2, -0.15) is 13.2 Å². The SMILES string of the molecule is COc1ccc(Oc2cnc(CNC(=O)C3(N)CCOC3)nc2)c(C(F)(F)F)c1. The van der Waals surface area contributed by atoms with Crippen molar-refractivity contribution in [3.63, 3.8) is 0 Å². The van der Waals surface area contributed by atoms with Crippen molar-refractivity contribution in [3.05, 3.63) is 42.0 Å². The molecule has 0 radical (unpaired) electrons. The number of rotatable bonds is 6. The quantitative estimate of drug-likeness (QED) is 0.747. The van der Waals surface area contributed by atoms with Crippen molar-refractivity contribution in [2.24, 2.45) is 5.73 Å². The van der Waals surface area contributed by atoms with E-state index in [2.05, 4.69) is 15.3 Å². The molecule has 0 saturated carbocycles. The Kier molecular flexibility index (Phi) is 5.89. The second kappa shape index (κ2) is 8.21. The third-order valence-corrected chi connectivity index (χ3v) is 4.31. The molecule has 1 fully saturated rings. The molecule has 2 heterocycles. The lowest BCUT2D eigenvalue weighted by atomic mass is 9.99. The number of ether oxygens (including phenoxy) is 3. The van der Waals surface area contributed by atoms with E-state index in [4.69, 9.17) is 19.9 Å². The van der Waals surface area contributed by atoms with E-state index >= 15 is 0 Å². The van der Waals surface area contributed by atoms with Crippen molar-refractivity contribution >= 4 is 5.91 Å². The summed E-state index contributed by atoms with van der Waals surface area (Å²) in [7, 11) is 1.27. The van der Waals surface area contributed by atoms with Gasteiger partial charge in [0.25, 0.3) is 0 Å². The first kappa shape index (κ1) is 20.8. The molecule has 1 unspecified atom stereocenters. The molecule has 1 atom stereocenters. The van der Waals surface area contributed by atoms with E-state index < -0.39 is 23.0 Å². The molecule has 11 heteroatoms. The van der Waals surface area contributed by atoms with Gasteiger partial charge in [0, 0.05) is 6.61 Å². The zero-order valence-electron chi connectivity index (χ0n) is 15.5. The number of carbonyl (C=O) groups excluding carboxylic acids is 1. The molecule has 2 aromatic rings. The van der Waals surface area contributed by atoms with Gasteiger partial charge in [0.2, 0.25) is 5.91 Å². The summed E-state index contributed by atoms with van der Waals surface area (Å²) in [5, 5.41) is 2.62. The Morgan fingerprint density at radius 1 is 1.31 bits per heavy atom. The van der Waals surface area contributed by atoms with Crippen molar-refractivity contribution in [2.75, 3.05) is 20.3 Å². The van der Waals surface area contributed by atoms with E-state index in [1.165, 1.54) is 25.6 Å². The number of amides is 1. The molecule has 3 rings (SSSR count). The molecule has 1 aromatic heterocycles. The lowest BCUT2D eigenvalue weighted by Crippen LogP contribution is -2.54. The molecule has 0 bridgehead atoms. The van der Waals surface area contributed by atoms with Crippen molar-refractivity contribution in [2.45, 2.75) is 24.7 Å². The van der Waals surface area contributed by atoms with Gasteiger partial charge in [-0.25, -0.2) is 9.97 Å². The molecule has 1 amide bonds. The number of hydrogen-bond donors (Lipinski definition) is 2. The molecule has 1 saturated heterocycles. The van der Waals surface area contributed by atoms with Crippen LogP contribution in [0.2, 0.25) is 0 Å². The number of alkyl halides is 3. The monoisotopic (exact) mass is 412 g/mol. The molecular weight excluding hydrogens is 393 g/mol. The Hall–Kier alpha value is -2.92. The summed E-state index contributed by atoms with van der Waals surface area (Å²) in [6.07, 6.45) is -1.78. The summed E-state index contributed by atoms with van der Waals surface area (Å²) in [5.74, 6) is -0.479. The van der Waals surface area contributed by atoms with Gasteiger partial charge in [0.15, 0.2) is 5.75 Å². The highest BCUT2D eigenvalue weighted by Crippen LogP contribution is 2.39. The van der Waals surface area contributed by atoms with E-state index in [-0.39, 0.29) is 36.4 Å². The Bertz CT molecular complexity index is 868. The average Bonchev–Trinajstić information content (AvgIpc) is 3.14. The minimum absolute atomic E-state index is 0.00833. The number of carbonyl (C=O) groups is 1. The third-order valence-electron chi connectivity index (χ3n) is 4.31. The van der Waals surface area contributed by atoms with Crippen LogP contribution in [0.25, 0.3) is 0 Å². The fraction of sp³-hybridized carbons (Fsp3) is 0.389. The zero-order chi connectivity index (χ0) is 21.1. The summed E-state index contributed by atoms with van der Waals surface area (Å²) < 4.78 is 55.0. The zero-order valence-corrected chi connectivity index (χ0v) is 15.5. The van der Waals surface area contributed by atoms with Crippen molar-refractivity contribution < 1.29 is 32.2 Å². The fourth-order valence-corrected chi connectivity index (χ4v) is 2.66. The van der Waals surface area contributed by atoms with Crippen molar-refractivity contribution in [1.82, 2.24) is 15.3 Å². The molecule has 1 aromatic carbocycles. The number of benzene rings is 1. The first-order chi connectivity index (χ1) is 13.7. The number of nitrogens with two attached hydrogens (primary N) is 1. The van der Waals surface area contributed by atoms with Crippen LogP contribution >= 0.6 is 0 Å². The Morgan fingerprint density at radius 3 is 2.62 bits per heavy atom. The summed E-state index contributed by atoms with van der Waals surface area (Å²) in [6.45, 7) is 0.558. The Labute approximate surface area is 164 Å². The van der Waals surface area contributed by atoms with E-state index in [0.717, 1.165) is 12.1 Å². The van der Waals surface area contributed by atoms with Gasteiger partial charge in [0.05, 0.1) is 32.7 Å². The van der Waals surface area contributed by atoms with Gasteiger partial charge in [-0.15, -0.1) is 0 Å². The minimum atomic E-state index is -4.63. The van der Waals surface area contributed by atoms with Crippen LogP contribution in [0.15, 0.2) is 30.6 Å². The van der Waals surface area contributed by atoms with Crippen LogP contribution < -0.4 is 20.5 Å². The lowest BCUT2D eigenvalue weighted by molar-refractivity contribution is -0.138. The second-order valence-electron chi connectivity index (χ2n) is 6.44. The Balaban J connectivity index is 1.66. The van der Waals surface area contributed by atoms with Gasteiger partial charge < -0.3 is 25.3 Å². The standard InChI is InChI=1S/C18H19F3N4O4/c1-27-11-2-3-14(13(6-11)18(19,20)21)29-12-7-23-15(24-8-12)9-25-16(26)17(22)4-5-28-10-17/h2-3,6-8H,4-5,9-10,22H2,1H3,(H,25,26). The molecule has 1 aliphatic heterocycles. The molecule has 0 spiro atoms. The van der Waals surface area contributed by atoms with E-state index in [9.17, 15) is 18.0 Å². The number of aromatic nitrogens is 2. The topological polar surface area (TPSA) is 109 Å². The maximum Gasteiger partial charge on any atom is 0.420 e. The van der Waals surface area contributed by atoms with E-state index in [0.29, 0.717) is 13.0 Å². The van der Waals surface area contributed by atoms with Crippen LogP contribution in [-0.2, 0) is 22.3 Å². The molecule has 8 nitrogen and oxygen atoms in total. The van der Waals surface area contributed by atoms with Gasteiger partial charge in [-0.3, -0.25) is 4.79 Å². The molecule has 0 aliphatic carbocycles. The van der Waals surface area contributed by atoms with E-state index in [1.54, 1.807) is 0 Å². The largest absolute Gasteiger partial charge is 0.497 e. The first-order valence-corrected chi connectivity index (χ1v) is 8.60. The summed E-state index contributed by atoms with van der Waals surface area (Å²) in [4.78, 5) is 20.1. The lowest BCUT2D eigenvalue weighted by Gasteiger charge is -2.20. The summed E-state index contributed by atoms with van der Waals surface area (Å²) >= 11 is 0. The van der Waals surface area contributed by atoms with Crippen LogP contribution in [0.4, 0.5) is 13.2 Å². The van der Waals surface area contributed by atoms with E-state index in [1.807, 2.05) is 0 Å². The van der Waals surface area contributed by atoms with Crippen molar-refractivity contribution in [3.8, 4) is 17.2 Å². The normalized spacial score (nSPS) is 19.1. The van der Waals surface area contributed by atoms with Crippen molar-refractivity contribution in [1.29, 1.82) is 0 Å². The van der Waals surface area contributed by atoms with Crippen LogP contribution in [-0.4, -0.2) is 41.7 Å². The fourth-order valence-electron chi connectivity index (χ4n) is 2.66. The van der Waals surface area contributed by atoms with Gasteiger partial charge in [-0.05, 0) is 24.6 Å². The van der Waals surface area contributed by atoms with Gasteiger partial charge in [0.1, 0.15) is 28.4 Å². The summed E-state index contributed by atoms with van der Waals surface area (Å²) in [6, 6.07) is 3.35. The summed E-state index contributed by atoms with van der Waals surface area (Å²) in [5.41, 5.74) is 3.88. The number of methoxy groups -OCH3 is 1. The number of halogens is 3. The molecule has 156 valence electrons. The van der Waals surface area contributed by atoms with Crippen LogP contribution in [0.1, 0.15) is 17.8 Å². The molecular formula is C18H19F3N4O4. The number of hydrogen-bond acceptors (Lipinski definition) is 7.